The van der Waals surface area contributed by atoms with Crippen molar-refractivity contribution in [1.29, 1.82) is 0 Å². The largest absolute Gasteiger partial charge is 0.359 e. The number of nitrogens with one attached hydrogen (secondary N) is 1. The minimum absolute atomic E-state index is 0.275. The highest BCUT2D eigenvalue weighted by molar-refractivity contribution is 8.14. The standard InChI is InChI=1S/C8H12F2N2S/c9-7(10)4-12-8-11-3-6(13-8)5-1-2-5/h5-7H,1-4H2,(H,11,12). The third kappa shape index (κ3) is 2.56. The van der Waals surface area contributed by atoms with Crippen molar-refractivity contribution in [3.8, 4) is 0 Å². The first kappa shape index (κ1) is 9.24. The van der Waals surface area contributed by atoms with Crippen molar-refractivity contribution in [3.63, 3.8) is 0 Å². The number of aliphatic imine (C=N–C) groups is 1. The molecule has 0 aromatic rings. The fraction of sp³-hybridized carbons (Fsp3) is 0.875. The van der Waals surface area contributed by atoms with Crippen molar-refractivity contribution in [1.82, 2.24) is 5.32 Å². The van der Waals surface area contributed by atoms with Crippen LogP contribution in [0.4, 0.5) is 8.78 Å². The Kier molecular flexibility index (Phi) is 2.71. The van der Waals surface area contributed by atoms with E-state index in [2.05, 4.69) is 10.3 Å². The summed E-state index contributed by atoms with van der Waals surface area (Å²) < 4.78 is 23.7. The van der Waals surface area contributed by atoms with E-state index >= 15 is 0 Å². The van der Waals surface area contributed by atoms with Gasteiger partial charge in [0.15, 0.2) is 5.17 Å². The van der Waals surface area contributed by atoms with Gasteiger partial charge in [-0.2, -0.15) is 0 Å². The van der Waals surface area contributed by atoms with E-state index in [0.29, 0.717) is 10.4 Å². The van der Waals surface area contributed by atoms with Crippen LogP contribution in [0.3, 0.4) is 0 Å². The molecule has 1 N–H and O–H groups in total. The molecule has 2 nitrogen and oxygen atoms in total. The SMILES string of the molecule is FC(F)CNC1=NCC(C2CC2)S1. The topological polar surface area (TPSA) is 24.4 Å². The van der Waals surface area contributed by atoms with Crippen LogP contribution in [0, 0.1) is 5.92 Å². The molecule has 2 aliphatic rings. The van der Waals surface area contributed by atoms with Gasteiger partial charge < -0.3 is 5.32 Å². The summed E-state index contributed by atoms with van der Waals surface area (Å²) in [5.41, 5.74) is 0. The molecule has 5 heteroatoms. The van der Waals surface area contributed by atoms with E-state index in [4.69, 9.17) is 0 Å². The van der Waals surface area contributed by atoms with E-state index in [0.717, 1.165) is 12.5 Å². The lowest BCUT2D eigenvalue weighted by Gasteiger charge is -2.06. The molecule has 0 saturated heterocycles. The Hall–Kier alpha value is -0.320. The maximum Gasteiger partial charge on any atom is 0.255 e. The minimum atomic E-state index is -2.29. The van der Waals surface area contributed by atoms with Crippen LogP contribution < -0.4 is 5.32 Å². The van der Waals surface area contributed by atoms with Gasteiger partial charge in [0, 0.05) is 5.25 Å². The average molecular weight is 206 g/mol. The van der Waals surface area contributed by atoms with E-state index < -0.39 is 6.43 Å². The first-order valence-corrected chi connectivity index (χ1v) is 5.37. The maximum atomic E-state index is 11.8. The van der Waals surface area contributed by atoms with Gasteiger partial charge in [0.05, 0.1) is 13.1 Å². The average Bonchev–Trinajstić information content (AvgIpc) is 2.83. The smallest absolute Gasteiger partial charge is 0.255 e. The third-order valence-corrected chi connectivity index (χ3v) is 3.57. The Balaban J connectivity index is 1.70. The Morgan fingerprint density at radius 1 is 1.54 bits per heavy atom. The van der Waals surface area contributed by atoms with E-state index in [1.165, 1.54) is 12.8 Å². The van der Waals surface area contributed by atoms with Gasteiger partial charge in [-0.3, -0.25) is 4.99 Å². The molecular weight excluding hydrogens is 194 g/mol. The highest BCUT2D eigenvalue weighted by Crippen LogP contribution is 2.41. The van der Waals surface area contributed by atoms with Crippen LogP contribution in [0.5, 0.6) is 0 Å². The molecule has 1 saturated carbocycles. The second kappa shape index (κ2) is 3.82. The first-order chi connectivity index (χ1) is 6.25. The summed E-state index contributed by atoms with van der Waals surface area (Å²) in [6.07, 6.45) is 0.285. The second-order valence-corrected chi connectivity index (χ2v) is 4.64. The maximum absolute atomic E-state index is 11.8. The van der Waals surface area contributed by atoms with Crippen molar-refractivity contribution >= 4 is 16.9 Å². The summed E-state index contributed by atoms with van der Waals surface area (Å²) >= 11 is 1.63. The van der Waals surface area contributed by atoms with Gasteiger partial charge in [-0.15, -0.1) is 0 Å². The number of amidine groups is 1. The number of alkyl halides is 2. The van der Waals surface area contributed by atoms with Crippen molar-refractivity contribution < 1.29 is 8.78 Å². The molecule has 1 heterocycles. The van der Waals surface area contributed by atoms with Crippen LogP contribution in [0.15, 0.2) is 4.99 Å². The van der Waals surface area contributed by atoms with E-state index in [-0.39, 0.29) is 6.54 Å². The predicted molar refractivity (Wildman–Crippen MR) is 50.4 cm³/mol. The van der Waals surface area contributed by atoms with Gasteiger partial charge in [0.2, 0.25) is 0 Å². The van der Waals surface area contributed by atoms with Crippen LogP contribution in [-0.4, -0.2) is 29.9 Å². The highest BCUT2D eigenvalue weighted by atomic mass is 32.2. The quantitative estimate of drug-likeness (QED) is 0.760. The highest BCUT2D eigenvalue weighted by Gasteiger charge is 2.35. The number of halogens is 2. The molecule has 74 valence electrons. The van der Waals surface area contributed by atoms with Gasteiger partial charge in [0.25, 0.3) is 6.43 Å². The molecule has 0 radical (unpaired) electrons. The van der Waals surface area contributed by atoms with Crippen LogP contribution in [-0.2, 0) is 0 Å². The van der Waals surface area contributed by atoms with Gasteiger partial charge in [0.1, 0.15) is 0 Å². The first-order valence-electron chi connectivity index (χ1n) is 4.49. The zero-order valence-corrected chi connectivity index (χ0v) is 7.99. The predicted octanol–water partition coefficient (Wildman–Crippen LogP) is 1.72. The molecule has 1 fully saturated rings. The zero-order chi connectivity index (χ0) is 9.26. The molecule has 1 atom stereocenters. The van der Waals surface area contributed by atoms with Gasteiger partial charge in [-0.05, 0) is 18.8 Å². The normalized spacial score (nSPS) is 27.9. The number of thioether (sulfide) groups is 1. The molecule has 1 aliphatic carbocycles. The van der Waals surface area contributed by atoms with Gasteiger partial charge in [-0.1, -0.05) is 11.8 Å². The van der Waals surface area contributed by atoms with Crippen molar-refractivity contribution in [2.45, 2.75) is 24.5 Å². The molecule has 13 heavy (non-hydrogen) atoms. The van der Waals surface area contributed by atoms with E-state index in [9.17, 15) is 8.78 Å². The Bertz CT molecular complexity index is 216. The van der Waals surface area contributed by atoms with Crippen LogP contribution in [0.2, 0.25) is 0 Å². The Morgan fingerprint density at radius 2 is 2.31 bits per heavy atom. The number of hydrogen-bond acceptors (Lipinski definition) is 3. The molecule has 0 amide bonds. The Morgan fingerprint density at radius 3 is 2.92 bits per heavy atom. The molecule has 0 aromatic carbocycles. The summed E-state index contributed by atoms with van der Waals surface area (Å²) in [6, 6.07) is 0. The van der Waals surface area contributed by atoms with Gasteiger partial charge in [-0.25, -0.2) is 8.78 Å². The van der Waals surface area contributed by atoms with Crippen molar-refractivity contribution in [2.75, 3.05) is 13.1 Å². The zero-order valence-electron chi connectivity index (χ0n) is 7.17. The number of nitrogens with zero attached hydrogens (tertiary/aromatic N) is 1. The Labute approximate surface area is 80.2 Å². The van der Waals surface area contributed by atoms with E-state index in [1.807, 2.05) is 0 Å². The summed E-state index contributed by atoms with van der Waals surface area (Å²) in [5, 5.41) is 3.92. The molecule has 0 aromatic heterocycles. The third-order valence-electron chi connectivity index (χ3n) is 2.23. The molecule has 1 aliphatic heterocycles. The molecule has 1 unspecified atom stereocenters. The fourth-order valence-corrected chi connectivity index (χ4v) is 2.58. The monoisotopic (exact) mass is 206 g/mol. The van der Waals surface area contributed by atoms with Crippen LogP contribution in [0.1, 0.15) is 12.8 Å². The summed E-state index contributed by atoms with van der Waals surface area (Å²) in [6.45, 7) is 0.532. The van der Waals surface area contributed by atoms with Crippen molar-refractivity contribution in [3.05, 3.63) is 0 Å². The summed E-state index contributed by atoms with van der Waals surface area (Å²) in [7, 11) is 0. The van der Waals surface area contributed by atoms with Crippen molar-refractivity contribution in [2.24, 2.45) is 10.9 Å². The number of hydrogen-bond donors (Lipinski definition) is 1. The summed E-state index contributed by atoms with van der Waals surface area (Å²) in [5.74, 6) is 0.791. The molecule has 0 bridgehead atoms. The lowest BCUT2D eigenvalue weighted by atomic mass is 10.3. The van der Waals surface area contributed by atoms with Crippen LogP contribution in [0.25, 0.3) is 0 Å². The lowest BCUT2D eigenvalue weighted by molar-refractivity contribution is 0.152. The molecule has 0 spiro atoms. The van der Waals surface area contributed by atoms with Gasteiger partial charge >= 0.3 is 0 Å². The fourth-order valence-electron chi connectivity index (χ4n) is 1.37. The second-order valence-electron chi connectivity index (χ2n) is 3.41. The minimum Gasteiger partial charge on any atom is -0.359 e. The number of rotatable bonds is 3. The van der Waals surface area contributed by atoms with E-state index in [1.54, 1.807) is 11.8 Å². The summed E-state index contributed by atoms with van der Waals surface area (Å²) in [4.78, 5) is 4.19. The molecule has 2 rings (SSSR count). The van der Waals surface area contributed by atoms with Crippen LogP contribution >= 0.6 is 11.8 Å². The molecular formula is C8H12F2N2S. The lowest BCUT2D eigenvalue weighted by Crippen LogP contribution is -2.25.